The highest BCUT2D eigenvalue weighted by Gasteiger charge is 2.29. The molecular formula is C17H23N5O2S. The zero-order valence-corrected chi connectivity index (χ0v) is 15.6. The zero-order valence-electron chi connectivity index (χ0n) is 14.8. The molecule has 7 nitrogen and oxygen atoms in total. The minimum Gasteiger partial charge on any atom is -0.362 e. The molecule has 25 heavy (non-hydrogen) atoms. The summed E-state index contributed by atoms with van der Waals surface area (Å²) in [5.41, 5.74) is 2.63. The molecule has 0 bridgehead atoms. The zero-order chi connectivity index (χ0) is 18.0. The van der Waals surface area contributed by atoms with Crippen molar-refractivity contribution in [3.8, 4) is 11.4 Å². The van der Waals surface area contributed by atoms with Crippen LogP contribution in [-0.4, -0.2) is 54.1 Å². The molecule has 0 fully saturated rings. The van der Waals surface area contributed by atoms with Crippen molar-refractivity contribution in [1.29, 1.82) is 0 Å². The number of sulfonamides is 1. The molecule has 0 saturated carbocycles. The van der Waals surface area contributed by atoms with Crippen LogP contribution in [0.1, 0.15) is 24.6 Å². The molecule has 1 aliphatic rings. The molecule has 8 heteroatoms. The van der Waals surface area contributed by atoms with Gasteiger partial charge >= 0.3 is 0 Å². The smallest absolute Gasteiger partial charge is 0.214 e. The van der Waals surface area contributed by atoms with E-state index in [4.69, 9.17) is 0 Å². The maximum absolute atomic E-state index is 12.4. The Labute approximate surface area is 148 Å². The summed E-state index contributed by atoms with van der Waals surface area (Å²) in [5.74, 6) is 1.59. The van der Waals surface area contributed by atoms with Crippen molar-refractivity contribution >= 4 is 15.8 Å². The van der Waals surface area contributed by atoms with E-state index in [1.54, 1.807) is 12.4 Å². The minimum atomic E-state index is -3.24. The van der Waals surface area contributed by atoms with Crippen molar-refractivity contribution in [3.63, 3.8) is 0 Å². The quantitative estimate of drug-likeness (QED) is 0.806. The lowest BCUT2D eigenvalue weighted by molar-refractivity contribution is 0.385. The summed E-state index contributed by atoms with van der Waals surface area (Å²) < 4.78 is 26.4. The highest BCUT2D eigenvalue weighted by atomic mass is 32.2. The summed E-state index contributed by atoms with van der Waals surface area (Å²) in [6.45, 7) is 2.66. The number of pyridine rings is 1. The fourth-order valence-corrected chi connectivity index (χ4v) is 4.47. The summed E-state index contributed by atoms with van der Waals surface area (Å²) >= 11 is 0. The first kappa shape index (κ1) is 17.8. The third-order valence-corrected chi connectivity index (χ3v) is 6.23. The topological polar surface area (TPSA) is 79.3 Å². The van der Waals surface area contributed by atoms with E-state index in [0.29, 0.717) is 31.8 Å². The molecule has 0 unspecified atom stereocenters. The van der Waals surface area contributed by atoms with Gasteiger partial charge in [-0.15, -0.1) is 0 Å². The van der Waals surface area contributed by atoms with E-state index in [0.717, 1.165) is 22.6 Å². The first-order valence-electron chi connectivity index (χ1n) is 8.37. The van der Waals surface area contributed by atoms with Gasteiger partial charge in [-0.2, -0.15) is 4.31 Å². The van der Waals surface area contributed by atoms with Crippen LogP contribution in [-0.2, 0) is 23.0 Å². The molecule has 0 N–H and O–H groups in total. The van der Waals surface area contributed by atoms with Gasteiger partial charge in [-0.3, -0.25) is 4.98 Å². The van der Waals surface area contributed by atoms with Gasteiger partial charge in [-0.05, 0) is 25.0 Å². The van der Waals surface area contributed by atoms with Crippen molar-refractivity contribution in [3.05, 3.63) is 35.8 Å². The van der Waals surface area contributed by atoms with Crippen molar-refractivity contribution in [2.75, 3.05) is 31.3 Å². The second kappa shape index (κ2) is 7.05. The van der Waals surface area contributed by atoms with Crippen molar-refractivity contribution in [1.82, 2.24) is 19.3 Å². The van der Waals surface area contributed by atoms with Gasteiger partial charge in [0.15, 0.2) is 5.82 Å². The van der Waals surface area contributed by atoms with Crippen LogP contribution in [0.5, 0.6) is 0 Å². The maximum Gasteiger partial charge on any atom is 0.214 e. The van der Waals surface area contributed by atoms with Crippen molar-refractivity contribution in [2.45, 2.75) is 26.3 Å². The van der Waals surface area contributed by atoms with Gasteiger partial charge < -0.3 is 4.90 Å². The molecule has 0 radical (unpaired) electrons. The van der Waals surface area contributed by atoms with Crippen molar-refractivity contribution in [2.24, 2.45) is 0 Å². The Kier molecular flexibility index (Phi) is 5.01. The molecule has 0 spiro atoms. The molecule has 134 valence electrons. The van der Waals surface area contributed by atoms with E-state index >= 15 is 0 Å². The summed E-state index contributed by atoms with van der Waals surface area (Å²) in [6.07, 6.45) is 4.65. The SMILES string of the molecule is CCCS(=O)(=O)N1CCc2c(nc(-c3cccnc3)nc2N(C)C)C1. The first-order chi connectivity index (χ1) is 11.9. The number of anilines is 1. The van der Waals surface area contributed by atoms with Gasteiger partial charge in [-0.25, -0.2) is 18.4 Å². The van der Waals surface area contributed by atoms with Crippen LogP contribution in [0.3, 0.4) is 0 Å². The van der Waals surface area contributed by atoms with E-state index in [1.165, 1.54) is 4.31 Å². The van der Waals surface area contributed by atoms with E-state index in [2.05, 4.69) is 15.0 Å². The molecule has 0 atom stereocenters. The third-order valence-electron chi connectivity index (χ3n) is 4.21. The van der Waals surface area contributed by atoms with Crippen molar-refractivity contribution < 1.29 is 8.42 Å². The van der Waals surface area contributed by atoms with Crippen LogP contribution in [0.15, 0.2) is 24.5 Å². The van der Waals surface area contributed by atoms with Crippen LogP contribution in [0.25, 0.3) is 11.4 Å². The summed E-state index contributed by atoms with van der Waals surface area (Å²) in [4.78, 5) is 15.4. The Hall–Kier alpha value is -2.06. The monoisotopic (exact) mass is 361 g/mol. The van der Waals surface area contributed by atoms with Gasteiger partial charge in [-0.1, -0.05) is 6.92 Å². The van der Waals surface area contributed by atoms with Gasteiger partial charge in [0.2, 0.25) is 10.0 Å². The molecule has 0 saturated heterocycles. The van der Waals surface area contributed by atoms with Crippen LogP contribution in [0.2, 0.25) is 0 Å². The molecule has 3 heterocycles. The molecule has 2 aromatic heterocycles. The van der Waals surface area contributed by atoms with E-state index in [1.807, 2.05) is 38.1 Å². The normalized spacial score (nSPS) is 15.0. The summed E-state index contributed by atoms with van der Waals surface area (Å²) in [5, 5.41) is 0. The fraction of sp³-hybridized carbons (Fsp3) is 0.471. The summed E-state index contributed by atoms with van der Waals surface area (Å²) in [7, 11) is 0.641. The standard InChI is InChI=1S/C17H23N5O2S/c1-4-10-25(23,24)22-9-7-14-15(12-22)19-16(20-17(14)21(2)3)13-6-5-8-18-11-13/h5-6,8,11H,4,7,9-10,12H2,1-3H3. The van der Waals surface area contributed by atoms with Crippen LogP contribution < -0.4 is 4.90 Å². The van der Waals surface area contributed by atoms with E-state index < -0.39 is 10.0 Å². The predicted octanol–water partition coefficient (Wildman–Crippen LogP) is 1.70. The Morgan fingerprint density at radius 3 is 2.72 bits per heavy atom. The average Bonchev–Trinajstić information content (AvgIpc) is 2.60. The largest absolute Gasteiger partial charge is 0.362 e. The predicted molar refractivity (Wildman–Crippen MR) is 97.8 cm³/mol. The fourth-order valence-electron chi connectivity index (χ4n) is 3.01. The highest BCUT2D eigenvalue weighted by Crippen LogP contribution is 2.29. The van der Waals surface area contributed by atoms with Gasteiger partial charge in [0, 0.05) is 44.2 Å². The van der Waals surface area contributed by atoms with E-state index in [9.17, 15) is 8.42 Å². The highest BCUT2D eigenvalue weighted by molar-refractivity contribution is 7.89. The van der Waals surface area contributed by atoms with Crippen LogP contribution in [0.4, 0.5) is 5.82 Å². The summed E-state index contributed by atoms with van der Waals surface area (Å²) in [6, 6.07) is 3.74. The number of rotatable bonds is 5. The number of hydrogen-bond donors (Lipinski definition) is 0. The molecule has 3 rings (SSSR count). The van der Waals surface area contributed by atoms with Gasteiger partial charge in [0.1, 0.15) is 5.82 Å². The lowest BCUT2D eigenvalue weighted by atomic mass is 10.1. The Morgan fingerprint density at radius 1 is 1.28 bits per heavy atom. The maximum atomic E-state index is 12.4. The van der Waals surface area contributed by atoms with Crippen LogP contribution in [0, 0.1) is 0 Å². The third kappa shape index (κ3) is 3.64. The Morgan fingerprint density at radius 2 is 2.08 bits per heavy atom. The lowest BCUT2D eigenvalue weighted by Crippen LogP contribution is -2.38. The minimum absolute atomic E-state index is 0.170. The molecule has 2 aromatic rings. The molecule has 1 aliphatic heterocycles. The molecule has 0 aliphatic carbocycles. The second-order valence-electron chi connectivity index (χ2n) is 6.33. The van der Waals surface area contributed by atoms with Gasteiger partial charge in [0.25, 0.3) is 0 Å². The molecule has 0 amide bonds. The Balaban J connectivity index is 2.05. The lowest BCUT2D eigenvalue weighted by Gasteiger charge is -2.30. The molecular weight excluding hydrogens is 338 g/mol. The number of aromatic nitrogens is 3. The van der Waals surface area contributed by atoms with Gasteiger partial charge in [0.05, 0.1) is 18.0 Å². The Bertz CT molecular complexity index is 853. The van der Waals surface area contributed by atoms with Crippen LogP contribution >= 0.6 is 0 Å². The second-order valence-corrected chi connectivity index (χ2v) is 8.42. The number of hydrogen-bond acceptors (Lipinski definition) is 6. The number of fused-ring (bicyclic) bond motifs is 1. The van der Waals surface area contributed by atoms with E-state index in [-0.39, 0.29) is 5.75 Å². The first-order valence-corrected chi connectivity index (χ1v) is 9.98. The number of nitrogens with zero attached hydrogens (tertiary/aromatic N) is 5. The average molecular weight is 361 g/mol. The molecule has 0 aromatic carbocycles.